The molecule has 1 atom stereocenters. The SMILES string of the molecule is O=C(/C=C/c1ccc(OCc2ccccc2)cc1)NC1CCOc2ccc(Cl)cc21. The fraction of sp³-hybridized carbons (Fsp3) is 0.160. The lowest BCUT2D eigenvalue weighted by Gasteiger charge is -2.26. The van der Waals surface area contributed by atoms with E-state index < -0.39 is 0 Å². The Labute approximate surface area is 181 Å². The quantitative estimate of drug-likeness (QED) is 0.531. The largest absolute Gasteiger partial charge is 0.493 e. The summed E-state index contributed by atoms with van der Waals surface area (Å²) in [4.78, 5) is 12.4. The summed E-state index contributed by atoms with van der Waals surface area (Å²) < 4.78 is 11.4. The Kier molecular flexibility index (Phi) is 6.35. The predicted octanol–water partition coefficient (Wildman–Crippen LogP) is 5.57. The molecule has 0 aromatic heterocycles. The number of carbonyl (C=O) groups is 1. The first kappa shape index (κ1) is 20.0. The van der Waals surface area contributed by atoms with Crippen molar-refractivity contribution in [2.75, 3.05) is 6.61 Å². The average molecular weight is 420 g/mol. The van der Waals surface area contributed by atoms with Gasteiger partial charge in [-0.2, -0.15) is 0 Å². The molecule has 0 spiro atoms. The van der Waals surface area contributed by atoms with Crippen molar-refractivity contribution < 1.29 is 14.3 Å². The normalized spacial score (nSPS) is 15.3. The number of fused-ring (bicyclic) bond motifs is 1. The van der Waals surface area contributed by atoms with Gasteiger partial charge in [-0.25, -0.2) is 0 Å². The lowest BCUT2D eigenvalue weighted by molar-refractivity contribution is -0.117. The fourth-order valence-electron chi connectivity index (χ4n) is 3.32. The molecule has 1 N–H and O–H groups in total. The summed E-state index contributed by atoms with van der Waals surface area (Å²) in [5, 5.41) is 3.66. The first-order valence-electron chi connectivity index (χ1n) is 9.85. The lowest BCUT2D eigenvalue weighted by atomic mass is 10.0. The van der Waals surface area contributed by atoms with E-state index in [9.17, 15) is 4.79 Å². The van der Waals surface area contributed by atoms with Crippen LogP contribution in [0.3, 0.4) is 0 Å². The molecule has 3 aromatic rings. The molecule has 1 aliphatic rings. The van der Waals surface area contributed by atoms with Gasteiger partial charge >= 0.3 is 0 Å². The van der Waals surface area contributed by atoms with Gasteiger partial charge in [0.2, 0.25) is 5.91 Å². The van der Waals surface area contributed by atoms with E-state index in [2.05, 4.69) is 5.32 Å². The minimum atomic E-state index is -0.155. The monoisotopic (exact) mass is 419 g/mol. The molecule has 0 saturated carbocycles. The maximum Gasteiger partial charge on any atom is 0.244 e. The molecule has 1 unspecified atom stereocenters. The van der Waals surface area contributed by atoms with Crippen molar-refractivity contribution in [2.45, 2.75) is 19.1 Å². The summed E-state index contributed by atoms with van der Waals surface area (Å²) >= 11 is 6.10. The average Bonchev–Trinajstić information content (AvgIpc) is 2.78. The Hall–Kier alpha value is -3.24. The molecule has 0 fully saturated rings. The molecule has 0 saturated heterocycles. The maximum atomic E-state index is 12.4. The van der Waals surface area contributed by atoms with Crippen LogP contribution in [0.1, 0.15) is 29.2 Å². The summed E-state index contributed by atoms with van der Waals surface area (Å²) in [5.74, 6) is 1.40. The zero-order valence-electron chi connectivity index (χ0n) is 16.4. The van der Waals surface area contributed by atoms with E-state index in [1.807, 2.05) is 66.7 Å². The zero-order valence-corrected chi connectivity index (χ0v) is 17.1. The van der Waals surface area contributed by atoms with Gasteiger partial charge in [-0.3, -0.25) is 4.79 Å². The van der Waals surface area contributed by atoms with Crippen LogP contribution in [-0.2, 0) is 11.4 Å². The van der Waals surface area contributed by atoms with E-state index in [1.54, 1.807) is 18.2 Å². The molecular weight excluding hydrogens is 398 g/mol. The highest BCUT2D eigenvalue weighted by atomic mass is 35.5. The molecule has 0 radical (unpaired) electrons. The molecule has 4 nitrogen and oxygen atoms in total. The van der Waals surface area contributed by atoms with E-state index >= 15 is 0 Å². The minimum absolute atomic E-state index is 0.113. The standard InChI is InChI=1S/C25H22ClNO3/c26-20-9-12-24-22(16-20)23(14-15-29-24)27-25(28)13-8-18-6-10-21(11-7-18)30-17-19-4-2-1-3-5-19/h1-13,16,23H,14-15,17H2,(H,27,28)/b13-8+. The number of amides is 1. The van der Waals surface area contributed by atoms with E-state index in [0.29, 0.717) is 24.7 Å². The third kappa shape index (κ3) is 5.22. The second kappa shape index (κ2) is 9.51. The summed E-state index contributed by atoms with van der Waals surface area (Å²) in [5.41, 5.74) is 2.96. The van der Waals surface area contributed by atoms with Crippen molar-refractivity contribution in [1.82, 2.24) is 5.32 Å². The fourth-order valence-corrected chi connectivity index (χ4v) is 3.50. The van der Waals surface area contributed by atoms with Crippen LogP contribution in [0.4, 0.5) is 0 Å². The lowest BCUT2D eigenvalue weighted by Crippen LogP contribution is -2.30. The van der Waals surface area contributed by atoms with Crippen LogP contribution in [0, 0.1) is 0 Å². The maximum absolute atomic E-state index is 12.4. The van der Waals surface area contributed by atoms with Crippen molar-refractivity contribution in [1.29, 1.82) is 0 Å². The highest BCUT2D eigenvalue weighted by Crippen LogP contribution is 2.33. The van der Waals surface area contributed by atoms with Gasteiger partial charge in [0.1, 0.15) is 18.1 Å². The van der Waals surface area contributed by atoms with Crippen molar-refractivity contribution in [3.05, 3.63) is 101 Å². The summed E-state index contributed by atoms with van der Waals surface area (Å²) in [7, 11) is 0. The van der Waals surface area contributed by atoms with E-state index in [0.717, 1.165) is 28.2 Å². The molecule has 1 heterocycles. The zero-order chi connectivity index (χ0) is 20.8. The van der Waals surface area contributed by atoms with Crippen LogP contribution in [-0.4, -0.2) is 12.5 Å². The van der Waals surface area contributed by atoms with Gasteiger partial charge in [-0.1, -0.05) is 54.1 Å². The smallest absolute Gasteiger partial charge is 0.244 e. The first-order chi connectivity index (χ1) is 14.7. The van der Waals surface area contributed by atoms with Gasteiger partial charge < -0.3 is 14.8 Å². The molecule has 152 valence electrons. The van der Waals surface area contributed by atoms with Gasteiger partial charge in [-0.15, -0.1) is 0 Å². The van der Waals surface area contributed by atoms with E-state index in [4.69, 9.17) is 21.1 Å². The summed E-state index contributed by atoms with van der Waals surface area (Å²) in [6.45, 7) is 1.09. The summed E-state index contributed by atoms with van der Waals surface area (Å²) in [6, 6.07) is 23.0. The van der Waals surface area contributed by atoms with Crippen LogP contribution in [0.5, 0.6) is 11.5 Å². The Balaban J connectivity index is 1.33. The van der Waals surface area contributed by atoms with Gasteiger partial charge in [0.25, 0.3) is 0 Å². The number of rotatable bonds is 6. The Morgan fingerprint density at radius 3 is 2.70 bits per heavy atom. The molecule has 0 aliphatic carbocycles. The second-order valence-corrected chi connectivity index (χ2v) is 7.49. The number of nitrogens with one attached hydrogen (secondary N) is 1. The van der Waals surface area contributed by atoms with E-state index in [1.165, 1.54) is 0 Å². The third-order valence-corrected chi connectivity index (χ3v) is 5.12. The van der Waals surface area contributed by atoms with Gasteiger partial charge in [0.15, 0.2) is 0 Å². The third-order valence-electron chi connectivity index (χ3n) is 4.88. The number of benzene rings is 3. The molecule has 30 heavy (non-hydrogen) atoms. The molecule has 1 aliphatic heterocycles. The van der Waals surface area contributed by atoms with Crippen molar-refractivity contribution in [2.24, 2.45) is 0 Å². The van der Waals surface area contributed by atoms with Crippen LogP contribution in [0.2, 0.25) is 5.02 Å². The van der Waals surface area contributed by atoms with Crippen LogP contribution < -0.4 is 14.8 Å². The van der Waals surface area contributed by atoms with E-state index in [-0.39, 0.29) is 11.9 Å². The van der Waals surface area contributed by atoms with Crippen molar-refractivity contribution >= 4 is 23.6 Å². The topological polar surface area (TPSA) is 47.6 Å². The molecule has 3 aromatic carbocycles. The first-order valence-corrected chi connectivity index (χ1v) is 10.2. The highest BCUT2D eigenvalue weighted by molar-refractivity contribution is 6.30. The van der Waals surface area contributed by atoms with Crippen LogP contribution in [0.15, 0.2) is 78.9 Å². The van der Waals surface area contributed by atoms with Gasteiger partial charge in [0, 0.05) is 23.1 Å². The molecule has 4 rings (SSSR count). The molecular formula is C25H22ClNO3. The number of hydrogen-bond acceptors (Lipinski definition) is 3. The summed E-state index contributed by atoms with van der Waals surface area (Å²) in [6.07, 6.45) is 4.04. The van der Waals surface area contributed by atoms with Crippen molar-refractivity contribution in [3.8, 4) is 11.5 Å². The van der Waals surface area contributed by atoms with Gasteiger partial charge in [-0.05, 0) is 47.5 Å². The Morgan fingerprint density at radius 2 is 1.90 bits per heavy atom. The molecule has 1 amide bonds. The Morgan fingerprint density at radius 1 is 1.10 bits per heavy atom. The minimum Gasteiger partial charge on any atom is -0.493 e. The van der Waals surface area contributed by atoms with Crippen molar-refractivity contribution in [3.63, 3.8) is 0 Å². The molecule has 5 heteroatoms. The number of ether oxygens (including phenoxy) is 2. The van der Waals surface area contributed by atoms with Gasteiger partial charge in [0.05, 0.1) is 12.6 Å². The predicted molar refractivity (Wildman–Crippen MR) is 119 cm³/mol. The highest BCUT2D eigenvalue weighted by Gasteiger charge is 2.22. The van der Waals surface area contributed by atoms with Crippen LogP contribution in [0.25, 0.3) is 6.08 Å². The number of hydrogen-bond donors (Lipinski definition) is 1. The number of carbonyl (C=O) groups excluding carboxylic acids is 1. The molecule has 0 bridgehead atoms. The number of halogens is 1. The van der Waals surface area contributed by atoms with Crippen LogP contribution >= 0.6 is 11.6 Å². The second-order valence-electron chi connectivity index (χ2n) is 7.06. The Bertz CT molecular complexity index is 1030.